The molecule has 0 N–H and O–H groups in total. The summed E-state index contributed by atoms with van der Waals surface area (Å²) in [6.07, 6.45) is 5.60. The molecule has 25 heavy (non-hydrogen) atoms. The molecular weight excluding hydrogens is 318 g/mol. The zero-order valence-corrected chi connectivity index (χ0v) is 14.2. The molecule has 7 nitrogen and oxygen atoms in total. The number of likely N-dealkylation sites (tertiary alicyclic amines) is 1. The topological polar surface area (TPSA) is 73.0 Å². The SMILES string of the molecule is Cn1cc([C@@H]2CCCN2C(=O)c2nn(C)c(=O)c3ccccc23)cn1. The van der Waals surface area contributed by atoms with Crippen LogP contribution in [0.2, 0.25) is 0 Å². The average Bonchev–Trinajstić information content (AvgIpc) is 3.26. The van der Waals surface area contributed by atoms with Gasteiger partial charge in [0.15, 0.2) is 5.69 Å². The molecule has 3 heterocycles. The first-order chi connectivity index (χ1) is 12.1. The van der Waals surface area contributed by atoms with E-state index < -0.39 is 0 Å². The van der Waals surface area contributed by atoms with Crippen molar-refractivity contribution in [2.45, 2.75) is 18.9 Å². The molecule has 0 bridgehead atoms. The summed E-state index contributed by atoms with van der Waals surface area (Å²) < 4.78 is 2.99. The number of carbonyl (C=O) groups excluding carboxylic acids is 1. The molecule has 3 aromatic rings. The van der Waals surface area contributed by atoms with Crippen molar-refractivity contribution in [1.82, 2.24) is 24.5 Å². The van der Waals surface area contributed by atoms with Gasteiger partial charge in [-0.1, -0.05) is 18.2 Å². The Morgan fingerprint density at radius 2 is 1.96 bits per heavy atom. The first-order valence-electron chi connectivity index (χ1n) is 8.32. The average molecular weight is 337 g/mol. The first kappa shape index (κ1) is 15.6. The fourth-order valence-electron chi connectivity index (χ4n) is 3.56. The monoisotopic (exact) mass is 337 g/mol. The fraction of sp³-hybridized carbons (Fsp3) is 0.333. The van der Waals surface area contributed by atoms with E-state index in [1.54, 1.807) is 29.9 Å². The van der Waals surface area contributed by atoms with E-state index in [0.717, 1.165) is 18.4 Å². The Hall–Kier alpha value is -2.96. The van der Waals surface area contributed by atoms with E-state index in [1.165, 1.54) is 4.68 Å². The van der Waals surface area contributed by atoms with Gasteiger partial charge in [-0.3, -0.25) is 14.3 Å². The third kappa shape index (κ3) is 2.52. The lowest BCUT2D eigenvalue weighted by atomic mass is 10.1. The van der Waals surface area contributed by atoms with Crippen molar-refractivity contribution in [1.29, 1.82) is 0 Å². The van der Waals surface area contributed by atoms with E-state index in [2.05, 4.69) is 10.2 Å². The van der Waals surface area contributed by atoms with Crippen LogP contribution in [-0.2, 0) is 14.1 Å². The van der Waals surface area contributed by atoms with E-state index in [9.17, 15) is 9.59 Å². The molecule has 2 aromatic heterocycles. The number of fused-ring (bicyclic) bond motifs is 1. The van der Waals surface area contributed by atoms with E-state index in [4.69, 9.17) is 0 Å². The van der Waals surface area contributed by atoms with Gasteiger partial charge in [0.25, 0.3) is 11.5 Å². The van der Waals surface area contributed by atoms with Gasteiger partial charge in [-0.15, -0.1) is 0 Å². The molecule has 1 atom stereocenters. The van der Waals surface area contributed by atoms with Gasteiger partial charge in [-0.05, 0) is 18.9 Å². The van der Waals surface area contributed by atoms with Gasteiger partial charge >= 0.3 is 0 Å². The van der Waals surface area contributed by atoms with Crippen molar-refractivity contribution in [3.63, 3.8) is 0 Å². The highest BCUT2D eigenvalue weighted by Crippen LogP contribution is 2.33. The Morgan fingerprint density at radius 1 is 1.20 bits per heavy atom. The molecule has 1 aliphatic heterocycles. The predicted molar refractivity (Wildman–Crippen MR) is 93.2 cm³/mol. The number of rotatable bonds is 2. The maximum Gasteiger partial charge on any atom is 0.275 e. The van der Waals surface area contributed by atoms with Gasteiger partial charge in [0.1, 0.15) is 0 Å². The molecule has 0 saturated carbocycles. The maximum atomic E-state index is 13.2. The summed E-state index contributed by atoms with van der Waals surface area (Å²) >= 11 is 0. The second-order valence-corrected chi connectivity index (χ2v) is 6.43. The van der Waals surface area contributed by atoms with Crippen LogP contribution in [0, 0.1) is 0 Å². The summed E-state index contributed by atoms with van der Waals surface area (Å²) in [5, 5.41) is 9.61. The molecule has 0 radical (unpaired) electrons. The van der Waals surface area contributed by atoms with Gasteiger partial charge in [0.05, 0.1) is 17.6 Å². The van der Waals surface area contributed by atoms with Crippen molar-refractivity contribution in [3.05, 3.63) is 58.3 Å². The molecule has 1 aliphatic rings. The smallest absolute Gasteiger partial charge is 0.275 e. The lowest BCUT2D eigenvalue weighted by Gasteiger charge is -2.24. The molecule has 1 amide bonds. The zero-order valence-electron chi connectivity index (χ0n) is 14.2. The Balaban J connectivity index is 1.80. The highest BCUT2D eigenvalue weighted by atomic mass is 16.2. The van der Waals surface area contributed by atoms with E-state index >= 15 is 0 Å². The number of aryl methyl sites for hydroxylation is 2. The highest BCUT2D eigenvalue weighted by molar-refractivity contribution is 6.05. The predicted octanol–water partition coefficient (Wildman–Crippen LogP) is 1.64. The first-order valence-corrected chi connectivity index (χ1v) is 8.32. The highest BCUT2D eigenvalue weighted by Gasteiger charge is 2.33. The molecule has 1 saturated heterocycles. The van der Waals surface area contributed by atoms with Gasteiger partial charge in [-0.25, -0.2) is 4.68 Å². The summed E-state index contributed by atoms with van der Waals surface area (Å²) in [4.78, 5) is 27.4. The van der Waals surface area contributed by atoms with Crippen LogP contribution < -0.4 is 5.56 Å². The van der Waals surface area contributed by atoms with Crippen LogP contribution in [-0.4, -0.2) is 36.9 Å². The fourth-order valence-corrected chi connectivity index (χ4v) is 3.56. The number of carbonyl (C=O) groups is 1. The van der Waals surface area contributed by atoms with Crippen molar-refractivity contribution in [2.24, 2.45) is 14.1 Å². The van der Waals surface area contributed by atoms with Crippen molar-refractivity contribution >= 4 is 16.7 Å². The van der Waals surface area contributed by atoms with E-state index in [0.29, 0.717) is 23.0 Å². The molecule has 1 fully saturated rings. The van der Waals surface area contributed by atoms with Crippen LogP contribution in [0.1, 0.15) is 34.9 Å². The minimum Gasteiger partial charge on any atom is -0.330 e. The molecule has 128 valence electrons. The van der Waals surface area contributed by atoms with Crippen LogP contribution in [0.5, 0.6) is 0 Å². The molecular formula is C18H19N5O2. The van der Waals surface area contributed by atoms with Gasteiger partial charge in [-0.2, -0.15) is 10.2 Å². The Bertz CT molecular complexity index is 1020. The number of benzene rings is 1. The molecule has 0 spiro atoms. The maximum absolute atomic E-state index is 13.2. The Morgan fingerprint density at radius 3 is 2.68 bits per heavy atom. The van der Waals surface area contributed by atoms with Crippen molar-refractivity contribution < 1.29 is 4.79 Å². The van der Waals surface area contributed by atoms with Crippen LogP contribution in [0.25, 0.3) is 10.8 Å². The number of hydrogen-bond acceptors (Lipinski definition) is 4. The van der Waals surface area contributed by atoms with Crippen molar-refractivity contribution in [2.75, 3.05) is 6.54 Å². The summed E-state index contributed by atoms with van der Waals surface area (Å²) in [6.45, 7) is 0.678. The number of aromatic nitrogens is 4. The van der Waals surface area contributed by atoms with Crippen LogP contribution in [0.3, 0.4) is 0 Å². The Kier molecular flexibility index (Phi) is 3.63. The lowest BCUT2D eigenvalue weighted by molar-refractivity contribution is 0.0729. The summed E-state index contributed by atoms with van der Waals surface area (Å²) in [5.74, 6) is -0.141. The van der Waals surface area contributed by atoms with Gasteiger partial charge in [0.2, 0.25) is 0 Å². The zero-order chi connectivity index (χ0) is 17.6. The van der Waals surface area contributed by atoms with Crippen molar-refractivity contribution in [3.8, 4) is 0 Å². The minimum absolute atomic E-state index is 0.000929. The molecule has 1 aromatic carbocycles. The lowest BCUT2D eigenvalue weighted by Crippen LogP contribution is -2.33. The second kappa shape index (κ2) is 5.84. The minimum atomic E-state index is -0.197. The van der Waals surface area contributed by atoms with Crippen LogP contribution in [0.4, 0.5) is 0 Å². The Labute approximate surface area is 144 Å². The third-order valence-electron chi connectivity index (χ3n) is 4.78. The largest absolute Gasteiger partial charge is 0.330 e. The van der Waals surface area contributed by atoms with Gasteiger partial charge in [0, 0.05) is 37.8 Å². The molecule has 0 aliphatic carbocycles. The standard InChI is InChI=1S/C18H19N5O2/c1-21-11-12(10-19-21)15-8-5-9-23(15)18(25)16-13-6-3-4-7-14(13)17(24)22(2)20-16/h3-4,6-7,10-11,15H,5,8-9H2,1-2H3/t15-/m0/s1. The number of nitrogens with zero attached hydrogens (tertiary/aromatic N) is 5. The van der Waals surface area contributed by atoms with E-state index in [-0.39, 0.29) is 17.5 Å². The molecule has 0 unspecified atom stereocenters. The summed E-state index contributed by atoms with van der Waals surface area (Å²) in [7, 11) is 3.45. The second-order valence-electron chi connectivity index (χ2n) is 6.43. The number of hydrogen-bond donors (Lipinski definition) is 0. The van der Waals surface area contributed by atoms with Crippen LogP contribution in [0.15, 0.2) is 41.5 Å². The number of amides is 1. The van der Waals surface area contributed by atoms with Crippen LogP contribution >= 0.6 is 0 Å². The van der Waals surface area contributed by atoms with Gasteiger partial charge < -0.3 is 4.90 Å². The molecule has 4 rings (SSSR count). The molecule has 7 heteroatoms. The summed E-state index contributed by atoms with van der Waals surface area (Å²) in [5.41, 5.74) is 1.16. The van der Waals surface area contributed by atoms with E-state index in [1.807, 2.05) is 30.4 Å². The normalized spacial score (nSPS) is 17.4. The quantitative estimate of drug-likeness (QED) is 0.713. The third-order valence-corrected chi connectivity index (χ3v) is 4.78. The summed E-state index contributed by atoms with van der Waals surface area (Å²) in [6, 6.07) is 7.14.